The Labute approximate surface area is 113 Å². The molecule has 0 saturated heterocycles. The first-order chi connectivity index (χ1) is 8.17. The van der Waals surface area contributed by atoms with Crippen LogP contribution in [0, 0.1) is 0 Å². The molecular weight excluding hydrogens is 254 g/mol. The SMILES string of the molecule is CCNC(=O)c1ccc(NC(=O)CCN)cc1.Cl. The van der Waals surface area contributed by atoms with Crippen molar-refractivity contribution in [1.82, 2.24) is 5.32 Å². The molecule has 0 aromatic heterocycles. The molecule has 1 rings (SSSR count). The van der Waals surface area contributed by atoms with E-state index in [4.69, 9.17) is 5.73 Å². The van der Waals surface area contributed by atoms with Gasteiger partial charge in [-0.3, -0.25) is 9.59 Å². The number of benzene rings is 1. The maximum atomic E-state index is 11.5. The first kappa shape index (κ1) is 16.4. The molecular formula is C12H18ClN3O2. The van der Waals surface area contributed by atoms with Gasteiger partial charge < -0.3 is 16.4 Å². The van der Waals surface area contributed by atoms with Crippen LogP contribution in [0.2, 0.25) is 0 Å². The lowest BCUT2D eigenvalue weighted by Crippen LogP contribution is -2.22. The van der Waals surface area contributed by atoms with Gasteiger partial charge in [0.15, 0.2) is 0 Å². The summed E-state index contributed by atoms with van der Waals surface area (Å²) in [7, 11) is 0. The van der Waals surface area contributed by atoms with Gasteiger partial charge in [-0.15, -0.1) is 12.4 Å². The van der Waals surface area contributed by atoms with E-state index in [0.29, 0.717) is 24.3 Å². The second-order valence-electron chi connectivity index (χ2n) is 3.52. The van der Waals surface area contributed by atoms with Crippen molar-refractivity contribution in [3.05, 3.63) is 29.8 Å². The van der Waals surface area contributed by atoms with Crippen molar-refractivity contribution >= 4 is 29.9 Å². The van der Waals surface area contributed by atoms with Gasteiger partial charge in [0, 0.05) is 30.8 Å². The highest BCUT2D eigenvalue weighted by Crippen LogP contribution is 2.09. The van der Waals surface area contributed by atoms with Crippen molar-refractivity contribution in [2.75, 3.05) is 18.4 Å². The molecule has 0 bridgehead atoms. The average molecular weight is 272 g/mol. The van der Waals surface area contributed by atoms with E-state index in [0.717, 1.165) is 0 Å². The Morgan fingerprint density at radius 1 is 1.22 bits per heavy atom. The van der Waals surface area contributed by atoms with Crippen molar-refractivity contribution in [2.24, 2.45) is 5.73 Å². The molecule has 100 valence electrons. The fraction of sp³-hybridized carbons (Fsp3) is 0.333. The Morgan fingerprint density at radius 3 is 2.33 bits per heavy atom. The Hall–Kier alpha value is -1.59. The van der Waals surface area contributed by atoms with Gasteiger partial charge in [0.05, 0.1) is 0 Å². The number of anilines is 1. The highest BCUT2D eigenvalue weighted by molar-refractivity contribution is 5.95. The monoisotopic (exact) mass is 271 g/mol. The zero-order chi connectivity index (χ0) is 12.7. The van der Waals surface area contributed by atoms with Crippen LogP contribution in [0.15, 0.2) is 24.3 Å². The van der Waals surface area contributed by atoms with E-state index in [1.807, 2.05) is 6.92 Å². The van der Waals surface area contributed by atoms with Crippen LogP contribution >= 0.6 is 12.4 Å². The number of carbonyl (C=O) groups excluding carboxylic acids is 2. The minimum atomic E-state index is -0.127. The molecule has 0 atom stereocenters. The summed E-state index contributed by atoms with van der Waals surface area (Å²) < 4.78 is 0. The maximum absolute atomic E-state index is 11.5. The topological polar surface area (TPSA) is 84.2 Å². The lowest BCUT2D eigenvalue weighted by molar-refractivity contribution is -0.116. The zero-order valence-corrected chi connectivity index (χ0v) is 11.0. The van der Waals surface area contributed by atoms with Crippen molar-refractivity contribution in [2.45, 2.75) is 13.3 Å². The summed E-state index contributed by atoms with van der Waals surface area (Å²) in [4.78, 5) is 22.7. The van der Waals surface area contributed by atoms with E-state index in [-0.39, 0.29) is 30.6 Å². The number of halogens is 1. The standard InChI is InChI=1S/C12H17N3O2.ClH/c1-2-14-12(17)9-3-5-10(6-4-9)15-11(16)7-8-13;/h3-6H,2,7-8,13H2,1H3,(H,14,17)(H,15,16);1H. The van der Waals surface area contributed by atoms with Gasteiger partial charge in [0.25, 0.3) is 5.91 Å². The molecule has 18 heavy (non-hydrogen) atoms. The zero-order valence-electron chi connectivity index (χ0n) is 10.2. The number of hydrogen-bond acceptors (Lipinski definition) is 3. The van der Waals surface area contributed by atoms with Crippen LogP contribution in [-0.2, 0) is 4.79 Å². The van der Waals surface area contributed by atoms with Gasteiger partial charge in [-0.05, 0) is 31.2 Å². The van der Waals surface area contributed by atoms with Crippen molar-refractivity contribution in [3.8, 4) is 0 Å². The van der Waals surface area contributed by atoms with Crippen LogP contribution < -0.4 is 16.4 Å². The summed E-state index contributed by atoms with van der Waals surface area (Å²) in [6.07, 6.45) is 0.290. The molecule has 1 aromatic rings. The Kier molecular flexibility index (Phi) is 7.74. The lowest BCUT2D eigenvalue weighted by Gasteiger charge is -2.06. The summed E-state index contributed by atoms with van der Waals surface area (Å²) in [5.74, 6) is -0.245. The van der Waals surface area contributed by atoms with Crippen LogP contribution in [0.1, 0.15) is 23.7 Å². The lowest BCUT2D eigenvalue weighted by atomic mass is 10.2. The molecule has 0 fully saturated rings. The molecule has 0 spiro atoms. The van der Waals surface area contributed by atoms with E-state index in [1.165, 1.54) is 0 Å². The highest BCUT2D eigenvalue weighted by Gasteiger charge is 2.04. The van der Waals surface area contributed by atoms with Gasteiger partial charge >= 0.3 is 0 Å². The number of hydrogen-bond donors (Lipinski definition) is 3. The Bertz CT molecular complexity index is 393. The molecule has 0 unspecified atom stereocenters. The van der Waals surface area contributed by atoms with Gasteiger partial charge in [0.1, 0.15) is 0 Å². The molecule has 0 saturated carbocycles. The first-order valence-corrected chi connectivity index (χ1v) is 5.55. The van der Waals surface area contributed by atoms with Crippen LogP contribution in [0.25, 0.3) is 0 Å². The minimum Gasteiger partial charge on any atom is -0.352 e. The molecule has 5 nitrogen and oxygen atoms in total. The Morgan fingerprint density at radius 2 is 1.83 bits per heavy atom. The number of rotatable bonds is 5. The number of nitrogens with one attached hydrogen (secondary N) is 2. The second kappa shape index (κ2) is 8.49. The van der Waals surface area contributed by atoms with E-state index in [2.05, 4.69) is 10.6 Å². The van der Waals surface area contributed by atoms with Crippen LogP contribution in [0.5, 0.6) is 0 Å². The Balaban J connectivity index is 0.00000289. The highest BCUT2D eigenvalue weighted by atomic mass is 35.5. The van der Waals surface area contributed by atoms with Crippen LogP contribution in [0.3, 0.4) is 0 Å². The van der Waals surface area contributed by atoms with Crippen LogP contribution in [0.4, 0.5) is 5.69 Å². The number of nitrogens with two attached hydrogens (primary N) is 1. The predicted molar refractivity (Wildman–Crippen MR) is 74.0 cm³/mol. The average Bonchev–Trinajstić information content (AvgIpc) is 2.30. The van der Waals surface area contributed by atoms with Crippen molar-refractivity contribution in [1.29, 1.82) is 0 Å². The normalized spacial score (nSPS) is 9.22. The van der Waals surface area contributed by atoms with E-state index in [9.17, 15) is 9.59 Å². The third kappa shape index (κ3) is 5.16. The molecule has 6 heteroatoms. The molecule has 0 heterocycles. The minimum absolute atomic E-state index is 0. The summed E-state index contributed by atoms with van der Waals surface area (Å²) in [5, 5.41) is 5.39. The van der Waals surface area contributed by atoms with Crippen molar-refractivity contribution < 1.29 is 9.59 Å². The quantitative estimate of drug-likeness (QED) is 0.751. The molecule has 0 aliphatic carbocycles. The van der Waals surface area contributed by atoms with Gasteiger partial charge in [-0.25, -0.2) is 0 Å². The predicted octanol–water partition coefficient (Wildman–Crippen LogP) is 1.15. The largest absolute Gasteiger partial charge is 0.352 e. The third-order valence-corrected chi connectivity index (χ3v) is 2.14. The van der Waals surface area contributed by atoms with Crippen LogP contribution in [-0.4, -0.2) is 24.9 Å². The molecule has 0 aliphatic rings. The second-order valence-corrected chi connectivity index (χ2v) is 3.52. The fourth-order valence-electron chi connectivity index (χ4n) is 1.32. The summed E-state index contributed by atoms with van der Waals surface area (Å²) in [6.45, 7) is 2.77. The third-order valence-electron chi connectivity index (χ3n) is 2.14. The van der Waals surface area contributed by atoms with E-state index >= 15 is 0 Å². The summed E-state index contributed by atoms with van der Waals surface area (Å²) in [6, 6.07) is 6.73. The molecule has 0 aliphatic heterocycles. The number of amides is 2. The summed E-state index contributed by atoms with van der Waals surface area (Å²) in [5.41, 5.74) is 6.50. The first-order valence-electron chi connectivity index (χ1n) is 5.55. The molecule has 0 radical (unpaired) electrons. The van der Waals surface area contributed by atoms with Gasteiger partial charge in [0.2, 0.25) is 5.91 Å². The summed E-state index contributed by atoms with van der Waals surface area (Å²) >= 11 is 0. The molecule has 2 amide bonds. The maximum Gasteiger partial charge on any atom is 0.251 e. The van der Waals surface area contributed by atoms with Gasteiger partial charge in [-0.1, -0.05) is 0 Å². The van der Waals surface area contributed by atoms with E-state index in [1.54, 1.807) is 24.3 Å². The van der Waals surface area contributed by atoms with Crippen molar-refractivity contribution in [3.63, 3.8) is 0 Å². The number of carbonyl (C=O) groups is 2. The smallest absolute Gasteiger partial charge is 0.251 e. The molecule has 1 aromatic carbocycles. The fourth-order valence-corrected chi connectivity index (χ4v) is 1.32. The molecule has 4 N–H and O–H groups in total. The van der Waals surface area contributed by atoms with E-state index < -0.39 is 0 Å². The van der Waals surface area contributed by atoms with Gasteiger partial charge in [-0.2, -0.15) is 0 Å².